The van der Waals surface area contributed by atoms with Gasteiger partial charge in [-0.3, -0.25) is 23.5 Å². The van der Waals surface area contributed by atoms with E-state index in [1.807, 2.05) is 0 Å². The van der Waals surface area contributed by atoms with Crippen molar-refractivity contribution >= 4 is 30.2 Å². The van der Waals surface area contributed by atoms with Gasteiger partial charge in [0.2, 0.25) is 11.7 Å². The maximum Gasteiger partial charge on any atom is 0.381 e. The Morgan fingerprint density at radius 1 is 1.31 bits per heavy atom. The number of allylic oxidation sites excluding steroid dienone is 1. The van der Waals surface area contributed by atoms with Gasteiger partial charge in [0.05, 0.1) is 19.6 Å². The molecule has 0 aliphatic carbocycles. The molecular formula is C18H17F3NO8PS. The average Bonchev–Trinajstić information content (AvgIpc) is 3.01. The molecule has 0 bridgehead atoms. The summed E-state index contributed by atoms with van der Waals surface area (Å²) in [6.45, 7) is -4.64. The second-order valence-electron chi connectivity index (χ2n) is 7.27. The molecule has 3 aliphatic rings. The molecular weight excluding hydrogens is 478 g/mol. The van der Waals surface area contributed by atoms with Gasteiger partial charge in [-0.15, -0.1) is 0 Å². The summed E-state index contributed by atoms with van der Waals surface area (Å²) in [5.74, 6) is -3.07. The minimum absolute atomic E-state index is 0.00414. The fraction of sp³-hybridized carbons (Fsp3) is 0.444. The topological polar surface area (TPSA) is 115 Å². The molecule has 0 spiro atoms. The van der Waals surface area contributed by atoms with Crippen LogP contribution in [0, 0.1) is 0 Å². The monoisotopic (exact) mass is 495 g/mol. The molecule has 1 aromatic carbocycles. The normalized spacial score (nSPS) is 35.0. The summed E-state index contributed by atoms with van der Waals surface area (Å²) in [5, 5.41) is 20.7. The van der Waals surface area contributed by atoms with Gasteiger partial charge in [0.15, 0.2) is 17.7 Å². The molecule has 1 aromatic rings. The second-order valence-corrected chi connectivity index (χ2v) is 10.2. The molecule has 1 saturated heterocycles. The average molecular weight is 495 g/mol. The summed E-state index contributed by atoms with van der Waals surface area (Å²) in [6, 6.07) is 6.72. The number of carbonyl (C=O) groups excluding carboxylic acids is 2. The van der Waals surface area contributed by atoms with Crippen molar-refractivity contribution in [2.24, 2.45) is 0 Å². The highest BCUT2D eigenvalue weighted by molar-refractivity contribution is 8.07. The van der Waals surface area contributed by atoms with Crippen LogP contribution in [0.5, 0.6) is 5.75 Å². The number of carbonyl (C=O) groups is 2. The van der Waals surface area contributed by atoms with E-state index < -0.39 is 67.7 Å². The number of ether oxygens (including phenoxy) is 1. The molecule has 0 saturated carbocycles. The maximum absolute atomic E-state index is 14.1. The number of benzene rings is 1. The Balaban J connectivity index is 1.55. The summed E-state index contributed by atoms with van der Waals surface area (Å²) < 4.78 is 63.4. The number of fused-ring (bicyclic) bond motifs is 1. The summed E-state index contributed by atoms with van der Waals surface area (Å²) in [7, 11) is 0. The molecule has 1 fully saturated rings. The highest BCUT2D eigenvalue weighted by Gasteiger charge is 2.62. The third-order valence-electron chi connectivity index (χ3n) is 5.23. The first kappa shape index (κ1) is 23.3. The van der Waals surface area contributed by atoms with E-state index in [1.54, 1.807) is 24.3 Å². The van der Waals surface area contributed by atoms with Crippen LogP contribution in [0.25, 0.3) is 0 Å². The number of rotatable bonds is 5. The van der Waals surface area contributed by atoms with Crippen molar-refractivity contribution in [3.05, 3.63) is 41.9 Å². The predicted molar refractivity (Wildman–Crippen MR) is 103 cm³/mol. The van der Waals surface area contributed by atoms with Crippen molar-refractivity contribution in [1.29, 1.82) is 0 Å². The summed E-state index contributed by atoms with van der Waals surface area (Å²) >= 11 is 5.21. The van der Waals surface area contributed by atoms with Crippen LogP contribution in [0.15, 0.2) is 36.3 Å². The number of para-hydroxylation sites is 1. The first-order chi connectivity index (χ1) is 15.1. The number of nitrogens with zero attached hydrogens (tertiary/aromatic N) is 1. The molecule has 174 valence electrons. The molecule has 9 nitrogen and oxygen atoms in total. The molecule has 0 radical (unpaired) electrons. The van der Waals surface area contributed by atoms with Gasteiger partial charge in [-0.05, 0) is 6.07 Å². The summed E-state index contributed by atoms with van der Waals surface area (Å²) in [5.41, 5.74) is -2.18. The number of aliphatic hydroxyl groups is 2. The number of hydrogen-bond acceptors (Lipinski definition) is 9. The third-order valence-corrected chi connectivity index (χ3v) is 7.39. The lowest BCUT2D eigenvalue weighted by atomic mass is 9.96. The van der Waals surface area contributed by atoms with Gasteiger partial charge in [0.1, 0.15) is 18.0 Å². The van der Waals surface area contributed by atoms with E-state index in [1.165, 1.54) is 0 Å². The lowest BCUT2D eigenvalue weighted by Gasteiger charge is -2.35. The minimum Gasteiger partial charge on any atom is -0.424 e. The number of halogens is 3. The number of hydrogen-bond donors (Lipinski definition) is 2. The maximum atomic E-state index is 14.1. The van der Waals surface area contributed by atoms with Crippen molar-refractivity contribution in [1.82, 2.24) is 4.90 Å². The lowest BCUT2D eigenvalue weighted by molar-refractivity contribution is -0.200. The van der Waals surface area contributed by atoms with E-state index in [0.717, 1.165) is 0 Å². The number of amides is 1. The van der Waals surface area contributed by atoms with Gasteiger partial charge in [-0.25, -0.2) is 13.2 Å². The van der Waals surface area contributed by atoms with Crippen LogP contribution < -0.4 is 4.52 Å². The van der Waals surface area contributed by atoms with Crippen molar-refractivity contribution in [2.45, 2.75) is 43.5 Å². The standard InChI is InChI=1S/C18H17F3NO8PS/c19-10-6-22(13(24)5-11(10)23)16-14(25)15(26)18(29-16,17(20)21)8-28-31(32)27-7-9-3-1-2-4-12(9)30-31/h1-4,6,14-17,25-26H,5,7-8H2/t14-,15-,16-,18-,31?/m1/s1. The molecule has 3 heterocycles. The molecule has 1 amide bonds. The number of alkyl halides is 2. The zero-order valence-corrected chi connectivity index (χ0v) is 17.8. The molecule has 3 aliphatic heterocycles. The minimum atomic E-state index is -3.58. The highest BCUT2D eigenvalue weighted by atomic mass is 32.5. The Hall–Kier alpha value is -1.86. The number of aliphatic hydroxyl groups excluding tert-OH is 2. The molecule has 1 unspecified atom stereocenters. The Labute approximate surface area is 184 Å². The van der Waals surface area contributed by atoms with Crippen LogP contribution in [0.2, 0.25) is 0 Å². The van der Waals surface area contributed by atoms with Gasteiger partial charge < -0.3 is 19.5 Å². The highest BCUT2D eigenvalue weighted by Crippen LogP contribution is 2.56. The zero-order valence-electron chi connectivity index (χ0n) is 16.1. The fourth-order valence-electron chi connectivity index (χ4n) is 3.44. The number of ketones is 1. The SMILES string of the molecule is O=C1CC(=O)N([C@@H]2O[C@@](COP3(=S)OCc4ccccc4O3)(C(F)F)[C@H](O)[C@H]2O)C=C1F. The van der Waals surface area contributed by atoms with Gasteiger partial charge in [-0.2, -0.15) is 0 Å². The summed E-state index contributed by atoms with van der Waals surface area (Å²) in [4.78, 5) is 23.9. The van der Waals surface area contributed by atoms with E-state index in [4.69, 9.17) is 30.1 Å². The van der Waals surface area contributed by atoms with E-state index in [0.29, 0.717) is 22.4 Å². The van der Waals surface area contributed by atoms with Crippen LogP contribution in [0.3, 0.4) is 0 Å². The molecule has 4 rings (SSSR count). The lowest BCUT2D eigenvalue weighted by Crippen LogP contribution is -2.52. The molecule has 5 atom stereocenters. The Bertz CT molecular complexity index is 1030. The van der Waals surface area contributed by atoms with E-state index >= 15 is 0 Å². The molecule has 0 aromatic heterocycles. The Kier molecular flexibility index (Phi) is 6.18. The van der Waals surface area contributed by atoms with Crippen molar-refractivity contribution < 1.29 is 51.3 Å². The van der Waals surface area contributed by atoms with Crippen molar-refractivity contribution in [3.63, 3.8) is 0 Å². The van der Waals surface area contributed by atoms with E-state index in [9.17, 15) is 33.0 Å². The van der Waals surface area contributed by atoms with Gasteiger partial charge in [0, 0.05) is 23.6 Å². The molecule has 2 N–H and O–H groups in total. The van der Waals surface area contributed by atoms with Crippen LogP contribution >= 0.6 is 6.72 Å². The van der Waals surface area contributed by atoms with Crippen LogP contribution in [0.4, 0.5) is 13.2 Å². The second kappa shape index (κ2) is 8.49. The van der Waals surface area contributed by atoms with Crippen LogP contribution in [0.1, 0.15) is 12.0 Å². The van der Waals surface area contributed by atoms with Gasteiger partial charge in [-0.1, -0.05) is 18.2 Å². The Morgan fingerprint density at radius 3 is 2.75 bits per heavy atom. The van der Waals surface area contributed by atoms with E-state index in [-0.39, 0.29) is 6.61 Å². The van der Waals surface area contributed by atoms with Gasteiger partial charge >= 0.3 is 6.72 Å². The molecule has 14 heteroatoms. The van der Waals surface area contributed by atoms with E-state index in [2.05, 4.69) is 0 Å². The fourth-order valence-corrected chi connectivity index (χ4v) is 5.25. The Morgan fingerprint density at radius 2 is 2.03 bits per heavy atom. The quantitative estimate of drug-likeness (QED) is 0.464. The van der Waals surface area contributed by atoms with Crippen LogP contribution in [-0.4, -0.2) is 63.9 Å². The van der Waals surface area contributed by atoms with Crippen molar-refractivity contribution in [2.75, 3.05) is 6.61 Å². The zero-order chi connectivity index (χ0) is 23.3. The molecule has 32 heavy (non-hydrogen) atoms. The largest absolute Gasteiger partial charge is 0.424 e. The number of Topliss-reactive ketones (excluding diaryl/α,β-unsaturated/α-hetero) is 1. The predicted octanol–water partition coefficient (Wildman–Crippen LogP) is 1.53. The first-order valence-corrected chi connectivity index (χ1v) is 11.8. The smallest absolute Gasteiger partial charge is 0.381 e. The first-order valence-electron chi connectivity index (χ1n) is 9.27. The van der Waals surface area contributed by atoms with Gasteiger partial charge in [0.25, 0.3) is 6.43 Å². The van der Waals surface area contributed by atoms with Crippen LogP contribution in [-0.2, 0) is 41.8 Å². The third kappa shape index (κ3) is 3.98. The van der Waals surface area contributed by atoms with Crippen molar-refractivity contribution in [3.8, 4) is 5.75 Å². The summed E-state index contributed by atoms with van der Waals surface area (Å²) in [6.07, 6.45) is -10.1.